The largest absolute Gasteiger partial charge is 0.377 e. The Morgan fingerprint density at radius 1 is 1.57 bits per heavy atom. The van der Waals surface area contributed by atoms with E-state index in [2.05, 4.69) is 4.98 Å². The van der Waals surface area contributed by atoms with Crippen molar-refractivity contribution in [1.29, 1.82) is 0 Å². The van der Waals surface area contributed by atoms with Gasteiger partial charge in [0.2, 0.25) is 5.91 Å². The molecule has 0 N–H and O–H groups in total. The van der Waals surface area contributed by atoms with Gasteiger partial charge in [0, 0.05) is 11.9 Å². The Morgan fingerprint density at radius 3 is 3.14 bits per heavy atom. The molecule has 4 nitrogen and oxygen atoms in total. The van der Waals surface area contributed by atoms with Gasteiger partial charge in [-0.1, -0.05) is 11.6 Å². The van der Waals surface area contributed by atoms with Crippen LogP contribution in [0, 0.1) is 0 Å². The monoisotopic (exact) mass is 342 g/mol. The highest BCUT2D eigenvalue weighted by molar-refractivity contribution is 7.23. The second-order valence-electron chi connectivity index (χ2n) is 4.94. The van der Waals surface area contributed by atoms with Crippen molar-refractivity contribution in [2.24, 2.45) is 0 Å². The van der Waals surface area contributed by atoms with Crippen LogP contribution in [0.1, 0.15) is 12.6 Å². The van der Waals surface area contributed by atoms with Gasteiger partial charge in [0.05, 0.1) is 40.6 Å². The molecule has 7 heteroatoms. The van der Waals surface area contributed by atoms with Gasteiger partial charge in [-0.2, -0.15) is 0 Å². The van der Waals surface area contributed by atoms with Crippen molar-refractivity contribution < 1.29 is 9.53 Å². The molecular weight excluding hydrogens is 328 g/mol. The second kappa shape index (κ2) is 6.44. The summed E-state index contributed by atoms with van der Waals surface area (Å²) < 4.78 is 6.11. The van der Waals surface area contributed by atoms with Crippen LogP contribution < -0.4 is 0 Å². The predicted octanol–water partition coefficient (Wildman–Crippen LogP) is 3.31. The minimum atomic E-state index is 0.117. The highest BCUT2D eigenvalue weighted by Gasteiger charge is 2.24. The Balaban J connectivity index is 1.68. The van der Waals surface area contributed by atoms with Crippen LogP contribution in [0.25, 0.3) is 9.88 Å². The number of hydrogen-bond donors (Lipinski definition) is 0. The number of ether oxygens (including phenoxy) is 1. The summed E-state index contributed by atoms with van der Waals surface area (Å²) in [6.07, 6.45) is 0.347. The van der Waals surface area contributed by atoms with Crippen molar-refractivity contribution in [1.82, 2.24) is 9.88 Å². The highest BCUT2D eigenvalue weighted by atomic mass is 35.5. The number of carbonyl (C=O) groups excluding carboxylic acids is 1. The summed E-state index contributed by atoms with van der Waals surface area (Å²) in [5.74, 6) is 0.117. The van der Waals surface area contributed by atoms with E-state index in [1.165, 1.54) is 11.3 Å². The number of morpholine rings is 1. The van der Waals surface area contributed by atoms with E-state index in [0.717, 1.165) is 19.9 Å². The van der Waals surface area contributed by atoms with Gasteiger partial charge in [0.15, 0.2) is 0 Å². The molecule has 3 heterocycles. The molecule has 0 spiro atoms. The summed E-state index contributed by atoms with van der Waals surface area (Å²) in [4.78, 5) is 19.8. The quantitative estimate of drug-likeness (QED) is 0.859. The Hall–Kier alpha value is -0.950. The van der Waals surface area contributed by atoms with E-state index in [1.54, 1.807) is 11.3 Å². The standard InChI is InChI=1S/C14H15ClN2O2S2/c1-9-7-19-5-4-17(9)13(18)6-10-8-20-14(16-10)11-2-3-12(15)21-11/h2-3,8-9H,4-7H2,1H3/t9-/m0/s1. The topological polar surface area (TPSA) is 42.4 Å². The Labute approximate surface area is 136 Å². The fourth-order valence-electron chi connectivity index (χ4n) is 2.28. The van der Waals surface area contributed by atoms with E-state index in [-0.39, 0.29) is 11.9 Å². The van der Waals surface area contributed by atoms with Crippen molar-refractivity contribution in [3.05, 3.63) is 27.5 Å². The van der Waals surface area contributed by atoms with E-state index in [1.807, 2.05) is 29.3 Å². The van der Waals surface area contributed by atoms with Crippen molar-refractivity contribution in [2.45, 2.75) is 19.4 Å². The third kappa shape index (κ3) is 3.45. The van der Waals surface area contributed by atoms with Crippen molar-refractivity contribution in [2.75, 3.05) is 19.8 Å². The van der Waals surface area contributed by atoms with Crippen molar-refractivity contribution in [3.8, 4) is 9.88 Å². The fraction of sp³-hybridized carbons (Fsp3) is 0.429. The summed E-state index contributed by atoms with van der Waals surface area (Å²) in [6.45, 7) is 3.91. The van der Waals surface area contributed by atoms with Gasteiger partial charge >= 0.3 is 0 Å². The highest BCUT2D eigenvalue weighted by Crippen LogP contribution is 2.33. The zero-order valence-corrected chi connectivity index (χ0v) is 13.9. The van der Waals surface area contributed by atoms with Crippen LogP contribution in [-0.4, -0.2) is 41.6 Å². The molecule has 0 radical (unpaired) electrons. The van der Waals surface area contributed by atoms with Gasteiger partial charge in [0.1, 0.15) is 5.01 Å². The number of hydrogen-bond acceptors (Lipinski definition) is 5. The first-order chi connectivity index (χ1) is 10.1. The zero-order chi connectivity index (χ0) is 14.8. The van der Waals surface area contributed by atoms with E-state index >= 15 is 0 Å². The maximum atomic E-state index is 12.3. The maximum absolute atomic E-state index is 12.3. The summed E-state index contributed by atoms with van der Waals surface area (Å²) in [7, 11) is 0. The molecule has 0 unspecified atom stereocenters. The summed E-state index contributed by atoms with van der Waals surface area (Å²) in [6, 6.07) is 3.96. The van der Waals surface area contributed by atoms with Crippen LogP contribution >= 0.6 is 34.3 Å². The van der Waals surface area contributed by atoms with E-state index in [9.17, 15) is 4.79 Å². The number of aromatic nitrogens is 1. The lowest BCUT2D eigenvalue weighted by molar-refractivity contribution is -0.138. The minimum absolute atomic E-state index is 0.117. The molecule has 0 bridgehead atoms. The van der Waals surface area contributed by atoms with E-state index in [0.29, 0.717) is 26.2 Å². The van der Waals surface area contributed by atoms with Crippen LogP contribution in [0.5, 0.6) is 0 Å². The maximum Gasteiger partial charge on any atom is 0.229 e. The van der Waals surface area contributed by atoms with Gasteiger partial charge in [-0.3, -0.25) is 4.79 Å². The zero-order valence-electron chi connectivity index (χ0n) is 11.5. The minimum Gasteiger partial charge on any atom is -0.377 e. The summed E-state index contributed by atoms with van der Waals surface area (Å²) in [5, 5.41) is 2.87. The first-order valence-corrected chi connectivity index (χ1v) is 8.78. The molecule has 2 aromatic heterocycles. The molecule has 0 aliphatic carbocycles. The number of thiophene rings is 1. The number of nitrogens with zero attached hydrogens (tertiary/aromatic N) is 2. The number of rotatable bonds is 3. The third-order valence-electron chi connectivity index (χ3n) is 3.36. The Morgan fingerprint density at radius 2 is 2.43 bits per heavy atom. The Bertz CT molecular complexity index is 640. The van der Waals surface area contributed by atoms with Gasteiger partial charge in [-0.15, -0.1) is 22.7 Å². The predicted molar refractivity (Wildman–Crippen MR) is 86.1 cm³/mol. The summed E-state index contributed by atoms with van der Waals surface area (Å²) in [5.41, 5.74) is 0.822. The molecule has 112 valence electrons. The Kier molecular flexibility index (Phi) is 4.59. The molecule has 1 amide bonds. The van der Waals surface area contributed by atoms with E-state index < -0.39 is 0 Å². The molecule has 1 aliphatic heterocycles. The van der Waals surface area contributed by atoms with Crippen LogP contribution in [0.4, 0.5) is 0 Å². The lowest BCUT2D eigenvalue weighted by atomic mass is 10.2. The van der Waals surface area contributed by atoms with Gasteiger partial charge in [-0.05, 0) is 19.1 Å². The molecule has 0 saturated carbocycles. The molecule has 2 aromatic rings. The smallest absolute Gasteiger partial charge is 0.229 e. The van der Waals surface area contributed by atoms with Gasteiger partial charge in [0.25, 0.3) is 0 Å². The number of amides is 1. The third-order valence-corrected chi connectivity index (χ3v) is 5.65. The van der Waals surface area contributed by atoms with Gasteiger partial charge in [-0.25, -0.2) is 4.98 Å². The van der Waals surface area contributed by atoms with Crippen LogP contribution in [0.2, 0.25) is 4.34 Å². The first kappa shape index (κ1) is 15.0. The first-order valence-electron chi connectivity index (χ1n) is 6.71. The normalized spacial score (nSPS) is 19.0. The average molecular weight is 343 g/mol. The molecule has 1 saturated heterocycles. The van der Waals surface area contributed by atoms with Crippen molar-refractivity contribution >= 4 is 40.2 Å². The van der Waals surface area contributed by atoms with Crippen LogP contribution in [-0.2, 0) is 16.0 Å². The molecule has 0 aromatic carbocycles. The SMILES string of the molecule is C[C@H]1COCCN1C(=O)Cc1csc(-c2ccc(Cl)s2)n1. The number of halogens is 1. The molecule has 21 heavy (non-hydrogen) atoms. The van der Waals surface area contributed by atoms with Gasteiger partial charge < -0.3 is 9.64 Å². The molecule has 1 aliphatic rings. The molecule has 3 rings (SSSR count). The molecule has 1 atom stereocenters. The van der Waals surface area contributed by atoms with Crippen molar-refractivity contribution in [3.63, 3.8) is 0 Å². The lowest BCUT2D eigenvalue weighted by Gasteiger charge is -2.33. The second-order valence-corrected chi connectivity index (χ2v) is 7.51. The lowest BCUT2D eigenvalue weighted by Crippen LogP contribution is -2.47. The molecular formula is C14H15ClN2O2S2. The summed E-state index contributed by atoms with van der Waals surface area (Å²) >= 11 is 9.00. The number of carbonyl (C=O) groups is 1. The fourth-order valence-corrected chi connectivity index (χ4v) is 4.22. The van der Waals surface area contributed by atoms with E-state index in [4.69, 9.17) is 16.3 Å². The van der Waals surface area contributed by atoms with Crippen LogP contribution in [0.15, 0.2) is 17.5 Å². The molecule has 1 fully saturated rings. The number of thiazole rings is 1. The van der Waals surface area contributed by atoms with Crippen LogP contribution in [0.3, 0.4) is 0 Å². The average Bonchev–Trinajstić information content (AvgIpc) is 3.08.